The highest BCUT2D eigenvalue weighted by atomic mass is 16.7. The minimum absolute atomic E-state index is 0.237. The maximum absolute atomic E-state index is 5.64. The third-order valence-electron chi connectivity index (χ3n) is 3.43. The highest BCUT2D eigenvalue weighted by molar-refractivity contribution is 5.69. The Morgan fingerprint density at radius 3 is 2.23 bits per heavy atom. The number of ether oxygens (including phenoxy) is 3. The SMILES string of the molecule is C[n+]1ccc(C=Cc2ccc(OCC3OCCO3)cc2)cc1. The number of benzene rings is 1. The highest BCUT2D eigenvalue weighted by Gasteiger charge is 2.16. The van der Waals surface area contributed by atoms with Crippen molar-refractivity contribution in [2.45, 2.75) is 6.29 Å². The molecule has 0 amide bonds. The molecule has 0 saturated carbocycles. The molecule has 1 aliphatic rings. The van der Waals surface area contributed by atoms with E-state index in [1.54, 1.807) is 0 Å². The van der Waals surface area contributed by atoms with Crippen LogP contribution >= 0.6 is 0 Å². The Morgan fingerprint density at radius 1 is 1.00 bits per heavy atom. The van der Waals surface area contributed by atoms with Crippen LogP contribution in [0.2, 0.25) is 0 Å². The van der Waals surface area contributed by atoms with E-state index < -0.39 is 0 Å². The Kier molecular flexibility index (Phi) is 4.83. The van der Waals surface area contributed by atoms with Crippen LogP contribution in [-0.4, -0.2) is 26.1 Å². The fourth-order valence-electron chi connectivity index (χ4n) is 2.16. The highest BCUT2D eigenvalue weighted by Crippen LogP contribution is 2.15. The van der Waals surface area contributed by atoms with E-state index in [9.17, 15) is 0 Å². The van der Waals surface area contributed by atoms with Gasteiger partial charge in [-0.1, -0.05) is 24.3 Å². The molecule has 114 valence electrons. The summed E-state index contributed by atoms with van der Waals surface area (Å²) in [6.07, 6.45) is 8.00. The van der Waals surface area contributed by atoms with Gasteiger partial charge in [0.05, 0.1) is 13.2 Å². The van der Waals surface area contributed by atoms with Gasteiger partial charge >= 0.3 is 0 Å². The molecule has 2 aromatic rings. The van der Waals surface area contributed by atoms with E-state index in [0.717, 1.165) is 11.3 Å². The first-order valence-corrected chi connectivity index (χ1v) is 7.39. The third-order valence-corrected chi connectivity index (χ3v) is 3.43. The smallest absolute Gasteiger partial charge is 0.191 e. The summed E-state index contributed by atoms with van der Waals surface area (Å²) in [4.78, 5) is 0. The normalized spacial score (nSPS) is 15.5. The first kappa shape index (κ1) is 14.8. The van der Waals surface area contributed by atoms with Crippen molar-refractivity contribution in [1.29, 1.82) is 0 Å². The number of nitrogens with zero attached hydrogens (tertiary/aromatic N) is 1. The van der Waals surface area contributed by atoms with E-state index in [1.807, 2.05) is 48.3 Å². The minimum atomic E-state index is -0.237. The largest absolute Gasteiger partial charge is 0.488 e. The molecular weight excluding hydrogens is 278 g/mol. The standard InChI is InChI=1S/C18H20NO3/c1-19-10-8-16(9-11-19)3-2-15-4-6-17(7-5-15)22-14-18-20-12-13-21-18/h2-11,18H,12-14H2,1H3/q+1. The van der Waals surface area contributed by atoms with Crippen molar-refractivity contribution >= 4 is 12.2 Å². The zero-order valence-electron chi connectivity index (χ0n) is 12.6. The monoisotopic (exact) mass is 298 g/mol. The number of hydrogen-bond acceptors (Lipinski definition) is 3. The number of rotatable bonds is 5. The Labute approximate surface area is 130 Å². The predicted octanol–water partition coefficient (Wildman–Crippen LogP) is 2.43. The van der Waals surface area contributed by atoms with Crippen LogP contribution in [0, 0.1) is 0 Å². The molecule has 1 aromatic heterocycles. The maximum Gasteiger partial charge on any atom is 0.191 e. The van der Waals surface area contributed by atoms with Gasteiger partial charge in [0, 0.05) is 12.1 Å². The molecule has 0 aliphatic carbocycles. The van der Waals surface area contributed by atoms with Gasteiger partial charge in [-0.3, -0.25) is 0 Å². The van der Waals surface area contributed by atoms with Crippen LogP contribution in [0.3, 0.4) is 0 Å². The Bertz CT molecular complexity index is 614. The molecule has 0 atom stereocenters. The van der Waals surface area contributed by atoms with Crippen LogP contribution in [0.15, 0.2) is 48.8 Å². The maximum atomic E-state index is 5.64. The summed E-state index contributed by atoms with van der Waals surface area (Å²) in [5.41, 5.74) is 2.31. The second kappa shape index (κ2) is 7.20. The van der Waals surface area contributed by atoms with Gasteiger partial charge in [-0.15, -0.1) is 0 Å². The summed E-state index contributed by atoms with van der Waals surface area (Å²) in [5.74, 6) is 0.822. The molecule has 0 spiro atoms. The molecule has 1 saturated heterocycles. The lowest BCUT2D eigenvalue weighted by Gasteiger charge is -2.10. The molecule has 0 N–H and O–H groups in total. The fraction of sp³-hybridized carbons (Fsp3) is 0.278. The van der Waals surface area contributed by atoms with Gasteiger partial charge in [0.1, 0.15) is 19.4 Å². The first-order chi connectivity index (χ1) is 10.8. The predicted molar refractivity (Wildman–Crippen MR) is 84.2 cm³/mol. The van der Waals surface area contributed by atoms with Gasteiger partial charge in [0.15, 0.2) is 18.7 Å². The molecule has 4 heteroatoms. The summed E-state index contributed by atoms with van der Waals surface area (Å²) >= 11 is 0. The fourth-order valence-corrected chi connectivity index (χ4v) is 2.16. The lowest BCUT2D eigenvalue weighted by atomic mass is 10.1. The Hall–Kier alpha value is -2.17. The molecule has 0 radical (unpaired) electrons. The van der Waals surface area contributed by atoms with Gasteiger partial charge in [-0.05, 0) is 23.3 Å². The number of hydrogen-bond donors (Lipinski definition) is 0. The average Bonchev–Trinajstić information content (AvgIpc) is 3.07. The lowest BCUT2D eigenvalue weighted by molar-refractivity contribution is -0.671. The zero-order valence-corrected chi connectivity index (χ0v) is 12.6. The van der Waals surface area contributed by atoms with Crippen molar-refractivity contribution < 1.29 is 18.8 Å². The Morgan fingerprint density at radius 2 is 1.59 bits per heavy atom. The molecule has 22 heavy (non-hydrogen) atoms. The first-order valence-electron chi connectivity index (χ1n) is 7.39. The lowest BCUT2D eigenvalue weighted by Crippen LogP contribution is -2.25. The van der Waals surface area contributed by atoms with Crippen molar-refractivity contribution in [2.24, 2.45) is 7.05 Å². The van der Waals surface area contributed by atoms with Crippen LogP contribution in [0.5, 0.6) is 5.75 Å². The minimum Gasteiger partial charge on any atom is -0.488 e. The molecule has 0 bridgehead atoms. The van der Waals surface area contributed by atoms with Crippen LogP contribution in [0.4, 0.5) is 0 Å². The summed E-state index contributed by atoms with van der Waals surface area (Å²) in [5, 5.41) is 0. The average molecular weight is 298 g/mol. The molecule has 0 unspecified atom stereocenters. The quantitative estimate of drug-likeness (QED) is 0.795. The number of pyridine rings is 1. The van der Waals surface area contributed by atoms with E-state index in [2.05, 4.69) is 24.3 Å². The molecule has 2 heterocycles. The molecule has 4 nitrogen and oxygen atoms in total. The van der Waals surface area contributed by atoms with E-state index in [0.29, 0.717) is 19.8 Å². The van der Waals surface area contributed by atoms with Crippen LogP contribution < -0.4 is 9.30 Å². The topological polar surface area (TPSA) is 31.6 Å². The third kappa shape index (κ3) is 4.16. The van der Waals surface area contributed by atoms with E-state index in [4.69, 9.17) is 14.2 Å². The molecule has 1 aromatic carbocycles. The molecule has 3 rings (SSSR count). The van der Waals surface area contributed by atoms with Crippen LogP contribution in [0.1, 0.15) is 11.1 Å². The number of aromatic nitrogens is 1. The second-order valence-corrected chi connectivity index (χ2v) is 5.18. The number of aryl methyl sites for hydroxylation is 1. The van der Waals surface area contributed by atoms with Crippen molar-refractivity contribution in [3.05, 3.63) is 59.9 Å². The summed E-state index contributed by atoms with van der Waals surface area (Å²) in [6, 6.07) is 12.1. The van der Waals surface area contributed by atoms with Crippen molar-refractivity contribution in [3.8, 4) is 5.75 Å². The van der Waals surface area contributed by atoms with Crippen molar-refractivity contribution in [2.75, 3.05) is 19.8 Å². The zero-order chi connectivity index (χ0) is 15.2. The van der Waals surface area contributed by atoms with Crippen LogP contribution in [-0.2, 0) is 16.5 Å². The second-order valence-electron chi connectivity index (χ2n) is 5.18. The van der Waals surface area contributed by atoms with Crippen molar-refractivity contribution in [1.82, 2.24) is 0 Å². The van der Waals surface area contributed by atoms with E-state index in [-0.39, 0.29) is 6.29 Å². The van der Waals surface area contributed by atoms with E-state index in [1.165, 1.54) is 5.56 Å². The van der Waals surface area contributed by atoms with E-state index >= 15 is 0 Å². The van der Waals surface area contributed by atoms with Gasteiger partial charge in [0.25, 0.3) is 0 Å². The summed E-state index contributed by atoms with van der Waals surface area (Å²) in [6.45, 7) is 1.72. The van der Waals surface area contributed by atoms with Gasteiger partial charge in [-0.25, -0.2) is 4.57 Å². The van der Waals surface area contributed by atoms with Crippen molar-refractivity contribution in [3.63, 3.8) is 0 Å². The Balaban J connectivity index is 1.55. The van der Waals surface area contributed by atoms with Gasteiger partial charge in [-0.2, -0.15) is 0 Å². The van der Waals surface area contributed by atoms with Gasteiger partial charge in [0.2, 0.25) is 0 Å². The van der Waals surface area contributed by atoms with Gasteiger partial charge < -0.3 is 14.2 Å². The van der Waals surface area contributed by atoms with Crippen LogP contribution in [0.25, 0.3) is 12.2 Å². The molecule has 1 fully saturated rings. The summed E-state index contributed by atoms with van der Waals surface area (Å²) < 4.78 is 18.3. The molecular formula is C18H20NO3+. The summed E-state index contributed by atoms with van der Waals surface area (Å²) in [7, 11) is 2.01. The molecule has 1 aliphatic heterocycles.